The Morgan fingerprint density at radius 2 is 1.85 bits per heavy atom. The van der Waals surface area contributed by atoms with E-state index in [0.717, 1.165) is 11.8 Å². The van der Waals surface area contributed by atoms with Crippen molar-refractivity contribution in [3.8, 4) is 0 Å². The summed E-state index contributed by atoms with van der Waals surface area (Å²) < 4.78 is 25.1. The third kappa shape index (κ3) is 7.27. The van der Waals surface area contributed by atoms with Crippen LogP contribution in [0.25, 0.3) is 0 Å². The molecule has 0 aliphatic heterocycles. The van der Waals surface area contributed by atoms with Crippen molar-refractivity contribution in [1.29, 1.82) is 0 Å². The molecule has 0 unspecified atom stereocenters. The minimum Gasteiger partial charge on any atom is -0.350 e. The van der Waals surface area contributed by atoms with E-state index in [0.29, 0.717) is 17.9 Å². The zero-order valence-corrected chi connectivity index (χ0v) is 17.7. The Kier molecular flexibility index (Phi) is 7.33. The number of nitrogens with one attached hydrogen (secondary N) is 2. The number of hydrogen-bond donors (Lipinski definition) is 2. The van der Waals surface area contributed by atoms with Gasteiger partial charge in [0.1, 0.15) is 0 Å². The molecule has 0 saturated heterocycles. The molecular weight excluding hydrogens is 380 g/mol. The molecule has 7 heteroatoms. The fourth-order valence-electron chi connectivity index (χ4n) is 2.55. The van der Waals surface area contributed by atoms with Crippen molar-refractivity contribution in [2.45, 2.75) is 38.1 Å². The van der Waals surface area contributed by atoms with Gasteiger partial charge in [0.05, 0.1) is 12.3 Å². The molecule has 0 aromatic heterocycles. The predicted octanol–water partition coefficient (Wildman–Crippen LogP) is 4.03. The summed E-state index contributed by atoms with van der Waals surface area (Å²) in [5.41, 5.74) is 3.85. The molecule has 2 N–H and O–H groups in total. The van der Waals surface area contributed by atoms with E-state index in [4.69, 9.17) is 0 Å². The van der Waals surface area contributed by atoms with Crippen molar-refractivity contribution in [2.24, 2.45) is 0 Å². The van der Waals surface area contributed by atoms with E-state index in [1.807, 2.05) is 13.0 Å². The van der Waals surface area contributed by atoms with Crippen molar-refractivity contribution in [2.75, 3.05) is 16.7 Å². The third-order valence-corrected chi connectivity index (χ3v) is 5.75. The van der Waals surface area contributed by atoms with Gasteiger partial charge in [-0.25, -0.2) is 8.42 Å². The van der Waals surface area contributed by atoms with Gasteiger partial charge in [-0.3, -0.25) is 9.52 Å². The molecule has 0 bridgehead atoms. The average Bonchev–Trinajstić information content (AvgIpc) is 2.56. The number of anilines is 1. The summed E-state index contributed by atoms with van der Waals surface area (Å²) in [4.78, 5) is 13.4. The van der Waals surface area contributed by atoms with Gasteiger partial charge in [-0.05, 0) is 61.7 Å². The van der Waals surface area contributed by atoms with Crippen molar-refractivity contribution >= 4 is 33.4 Å². The molecule has 27 heavy (non-hydrogen) atoms. The Morgan fingerprint density at radius 3 is 2.52 bits per heavy atom. The highest BCUT2D eigenvalue weighted by Crippen LogP contribution is 2.22. The normalized spacial score (nSPS) is 12.4. The van der Waals surface area contributed by atoms with E-state index in [-0.39, 0.29) is 11.9 Å². The molecule has 0 heterocycles. The van der Waals surface area contributed by atoms with E-state index in [2.05, 4.69) is 42.1 Å². The standard InChI is InChI=1S/C20H26N2O3S2/c1-14-8-9-19(12-15(14)2)26-11-10-20(23)21-16(3)17-6-5-7-18(13-17)22-27(4,24)25/h5-9,12-13,16,22H,10-11H2,1-4H3,(H,21,23)/t16-/m0/s1. The summed E-state index contributed by atoms with van der Waals surface area (Å²) in [6.45, 7) is 6.05. The van der Waals surface area contributed by atoms with E-state index < -0.39 is 10.0 Å². The second kappa shape index (κ2) is 9.28. The summed E-state index contributed by atoms with van der Waals surface area (Å²) in [5.74, 6) is 0.678. The molecule has 0 fully saturated rings. The van der Waals surface area contributed by atoms with Crippen LogP contribution in [0.4, 0.5) is 5.69 Å². The average molecular weight is 407 g/mol. The predicted molar refractivity (Wildman–Crippen MR) is 113 cm³/mol. The molecule has 5 nitrogen and oxygen atoms in total. The van der Waals surface area contributed by atoms with Crippen LogP contribution >= 0.6 is 11.8 Å². The Labute approximate surface area is 166 Å². The Balaban J connectivity index is 1.86. The number of carbonyl (C=O) groups excluding carboxylic acids is 1. The lowest BCUT2D eigenvalue weighted by Gasteiger charge is -2.15. The number of benzene rings is 2. The number of carbonyl (C=O) groups is 1. The van der Waals surface area contributed by atoms with Gasteiger partial charge < -0.3 is 5.32 Å². The van der Waals surface area contributed by atoms with Gasteiger partial charge in [0.2, 0.25) is 15.9 Å². The Hall–Kier alpha value is -1.99. The quantitative estimate of drug-likeness (QED) is 0.649. The minimum absolute atomic E-state index is 0.0275. The van der Waals surface area contributed by atoms with Crippen LogP contribution in [0, 0.1) is 13.8 Å². The van der Waals surface area contributed by atoms with Crippen molar-refractivity contribution in [3.05, 3.63) is 59.2 Å². The van der Waals surface area contributed by atoms with Gasteiger partial charge in [0, 0.05) is 22.8 Å². The Bertz CT molecular complexity index is 911. The van der Waals surface area contributed by atoms with Crippen LogP contribution < -0.4 is 10.0 Å². The van der Waals surface area contributed by atoms with E-state index in [9.17, 15) is 13.2 Å². The Morgan fingerprint density at radius 1 is 1.11 bits per heavy atom. The van der Waals surface area contributed by atoms with Crippen molar-refractivity contribution < 1.29 is 13.2 Å². The molecule has 2 rings (SSSR count). The van der Waals surface area contributed by atoms with Gasteiger partial charge in [-0.15, -0.1) is 11.8 Å². The highest BCUT2D eigenvalue weighted by molar-refractivity contribution is 7.99. The molecule has 146 valence electrons. The zero-order valence-electron chi connectivity index (χ0n) is 16.1. The zero-order chi connectivity index (χ0) is 20.0. The molecule has 2 aromatic rings. The number of rotatable bonds is 8. The van der Waals surface area contributed by atoms with Gasteiger partial charge in [0.15, 0.2) is 0 Å². The van der Waals surface area contributed by atoms with Crippen LogP contribution in [-0.4, -0.2) is 26.3 Å². The van der Waals surface area contributed by atoms with Crippen LogP contribution in [0.15, 0.2) is 47.4 Å². The highest BCUT2D eigenvalue weighted by Gasteiger charge is 2.11. The maximum absolute atomic E-state index is 12.2. The number of sulfonamides is 1. The van der Waals surface area contributed by atoms with Gasteiger partial charge in [-0.1, -0.05) is 18.2 Å². The summed E-state index contributed by atoms with van der Waals surface area (Å²) in [7, 11) is -3.33. The first kappa shape index (κ1) is 21.3. The summed E-state index contributed by atoms with van der Waals surface area (Å²) in [6.07, 6.45) is 1.53. The molecule has 0 aliphatic rings. The van der Waals surface area contributed by atoms with Crippen LogP contribution in [0.1, 0.15) is 36.1 Å². The van der Waals surface area contributed by atoms with E-state index in [1.165, 1.54) is 16.0 Å². The summed E-state index contributed by atoms with van der Waals surface area (Å²) in [6, 6.07) is 13.1. The van der Waals surface area contributed by atoms with Crippen molar-refractivity contribution in [3.63, 3.8) is 0 Å². The highest BCUT2D eigenvalue weighted by atomic mass is 32.2. The third-order valence-electron chi connectivity index (χ3n) is 4.14. The van der Waals surface area contributed by atoms with Gasteiger partial charge >= 0.3 is 0 Å². The number of aryl methyl sites for hydroxylation is 2. The molecule has 0 radical (unpaired) electrons. The fraction of sp³-hybridized carbons (Fsp3) is 0.350. The molecule has 0 spiro atoms. The first-order valence-electron chi connectivity index (χ1n) is 8.71. The lowest BCUT2D eigenvalue weighted by molar-refractivity contribution is -0.121. The van der Waals surface area contributed by atoms with Gasteiger partial charge in [-0.2, -0.15) is 0 Å². The number of thioether (sulfide) groups is 1. The van der Waals surface area contributed by atoms with Crippen LogP contribution in [0.2, 0.25) is 0 Å². The van der Waals surface area contributed by atoms with Crippen molar-refractivity contribution in [1.82, 2.24) is 5.32 Å². The number of hydrogen-bond acceptors (Lipinski definition) is 4. The lowest BCUT2D eigenvalue weighted by Crippen LogP contribution is -2.26. The molecule has 0 aliphatic carbocycles. The molecular formula is C20H26N2O3S2. The molecule has 1 atom stereocenters. The maximum Gasteiger partial charge on any atom is 0.229 e. The van der Waals surface area contributed by atoms with E-state index in [1.54, 1.807) is 30.0 Å². The first-order valence-corrected chi connectivity index (χ1v) is 11.6. The lowest BCUT2D eigenvalue weighted by atomic mass is 10.1. The number of amides is 1. The summed E-state index contributed by atoms with van der Waals surface area (Å²) in [5, 5.41) is 2.96. The fourth-order valence-corrected chi connectivity index (χ4v) is 4.05. The monoisotopic (exact) mass is 406 g/mol. The van der Waals surface area contributed by atoms with Crippen LogP contribution in [0.5, 0.6) is 0 Å². The maximum atomic E-state index is 12.2. The molecule has 2 aromatic carbocycles. The first-order chi connectivity index (χ1) is 12.6. The molecule has 1 amide bonds. The molecule has 0 saturated carbocycles. The second-order valence-corrected chi connectivity index (χ2v) is 9.55. The largest absolute Gasteiger partial charge is 0.350 e. The minimum atomic E-state index is -3.33. The topological polar surface area (TPSA) is 75.3 Å². The SMILES string of the molecule is Cc1ccc(SCCC(=O)N[C@@H](C)c2cccc(NS(C)(=O)=O)c2)cc1C. The van der Waals surface area contributed by atoms with E-state index >= 15 is 0 Å². The van der Waals surface area contributed by atoms with Gasteiger partial charge in [0.25, 0.3) is 0 Å². The second-order valence-electron chi connectivity index (χ2n) is 6.63. The van der Waals surface area contributed by atoms with Crippen LogP contribution in [0.3, 0.4) is 0 Å². The van der Waals surface area contributed by atoms with Crippen LogP contribution in [-0.2, 0) is 14.8 Å². The summed E-state index contributed by atoms with van der Waals surface area (Å²) >= 11 is 1.67. The smallest absolute Gasteiger partial charge is 0.229 e.